The molecule has 0 saturated carbocycles. The highest BCUT2D eigenvalue weighted by atomic mass is 32.1. The van der Waals surface area contributed by atoms with E-state index in [1.165, 1.54) is 12.8 Å². The van der Waals surface area contributed by atoms with Crippen molar-refractivity contribution in [2.75, 3.05) is 0 Å². The fourth-order valence-electron chi connectivity index (χ4n) is 3.42. The highest BCUT2D eigenvalue weighted by molar-refractivity contribution is 7.11. The fraction of sp³-hybridized carbons (Fsp3) is 0.800. The molecule has 2 aliphatic rings. The lowest BCUT2D eigenvalue weighted by Crippen LogP contribution is -2.39. The Hall–Kier alpha value is -1.01. The Morgan fingerprint density at radius 2 is 2.05 bits per heavy atom. The van der Waals surface area contributed by atoms with Gasteiger partial charge in [-0.25, -0.2) is 0 Å². The van der Waals surface area contributed by atoms with Gasteiger partial charge in [0, 0.05) is 24.4 Å². The number of piperidine rings is 1. The van der Waals surface area contributed by atoms with Crippen molar-refractivity contribution >= 4 is 17.2 Å². The molecule has 3 rings (SSSR count). The summed E-state index contributed by atoms with van der Waals surface area (Å²) < 4.78 is 0. The second-order valence-electron chi connectivity index (χ2n) is 6.64. The Kier molecular flexibility index (Phi) is 4.54. The molecule has 0 spiro atoms. The molecule has 2 saturated heterocycles. The molecule has 21 heavy (non-hydrogen) atoms. The average molecular weight is 308 g/mol. The third kappa shape index (κ3) is 3.80. The number of fused-ring (bicyclic) bond motifs is 2. The van der Waals surface area contributed by atoms with Crippen LogP contribution in [-0.2, 0) is 11.3 Å². The second-order valence-corrected chi connectivity index (χ2v) is 7.74. The van der Waals surface area contributed by atoms with E-state index in [9.17, 15) is 4.79 Å². The van der Waals surface area contributed by atoms with Crippen molar-refractivity contribution in [2.24, 2.45) is 5.92 Å². The molecule has 0 aromatic carbocycles. The zero-order valence-corrected chi connectivity index (χ0v) is 13.6. The minimum atomic E-state index is 0.155. The molecule has 116 valence electrons. The van der Waals surface area contributed by atoms with Gasteiger partial charge >= 0.3 is 0 Å². The van der Waals surface area contributed by atoms with Crippen LogP contribution in [0.1, 0.15) is 61.9 Å². The number of carbonyl (C=O) groups is 1. The van der Waals surface area contributed by atoms with Crippen LogP contribution < -0.4 is 10.6 Å². The van der Waals surface area contributed by atoms with Crippen molar-refractivity contribution in [1.82, 2.24) is 20.8 Å². The molecule has 2 bridgehead atoms. The van der Waals surface area contributed by atoms with Gasteiger partial charge in [0.05, 0.1) is 6.54 Å². The van der Waals surface area contributed by atoms with Crippen molar-refractivity contribution in [3.63, 3.8) is 0 Å². The van der Waals surface area contributed by atoms with Gasteiger partial charge < -0.3 is 10.6 Å². The van der Waals surface area contributed by atoms with Gasteiger partial charge in [0.1, 0.15) is 10.0 Å². The van der Waals surface area contributed by atoms with Crippen molar-refractivity contribution in [2.45, 2.75) is 70.5 Å². The standard InChI is InChI=1S/C15H24N4OS/c1-9(2)15-19-18-14(21-15)8-16-13(20)7-10-5-11-3-4-12(6-10)17-11/h9-12,17H,3-8H2,1-2H3,(H,16,20). The lowest BCUT2D eigenvalue weighted by Gasteiger charge is -2.28. The monoisotopic (exact) mass is 308 g/mol. The normalized spacial score (nSPS) is 28.0. The molecule has 6 heteroatoms. The van der Waals surface area contributed by atoms with Crippen LogP contribution in [0.15, 0.2) is 0 Å². The summed E-state index contributed by atoms with van der Waals surface area (Å²) in [7, 11) is 0. The van der Waals surface area contributed by atoms with Crippen LogP contribution in [0.2, 0.25) is 0 Å². The Morgan fingerprint density at radius 3 is 2.67 bits per heavy atom. The van der Waals surface area contributed by atoms with Gasteiger partial charge in [-0.05, 0) is 31.6 Å². The van der Waals surface area contributed by atoms with Crippen molar-refractivity contribution < 1.29 is 4.79 Å². The van der Waals surface area contributed by atoms with E-state index in [-0.39, 0.29) is 5.91 Å². The summed E-state index contributed by atoms with van der Waals surface area (Å²) in [6.45, 7) is 4.73. The van der Waals surface area contributed by atoms with Gasteiger partial charge in [0.25, 0.3) is 0 Å². The minimum Gasteiger partial charge on any atom is -0.350 e. The largest absolute Gasteiger partial charge is 0.350 e. The molecule has 2 fully saturated rings. The second kappa shape index (κ2) is 6.40. The number of amides is 1. The highest BCUT2D eigenvalue weighted by Gasteiger charge is 2.34. The van der Waals surface area contributed by atoms with Crippen molar-refractivity contribution in [3.05, 3.63) is 10.0 Å². The maximum Gasteiger partial charge on any atom is 0.220 e. The number of carbonyl (C=O) groups excluding carboxylic acids is 1. The summed E-state index contributed by atoms with van der Waals surface area (Å²) >= 11 is 1.59. The number of nitrogens with one attached hydrogen (secondary N) is 2. The first-order valence-electron chi connectivity index (χ1n) is 7.95. The van der Waals surface area contributed by atoms with E-state index in [0.717, 1.165) is 22.9 Å². The van der Waals surface area contributed by atoms with Crippen LogP contribution in [-0.4, -0.2) is 28.2 Å². The van der Waals surface area contributed by atoms with Crippen LogP contribution in [0.4, 0.5) is 0 Å². The van der Waals surface area contributed by atoms with E-state index in [0.29, 0.717) is 36.9 Å². The minimum absolute atomic E-state index is 0.155. The number of nitrogens with zero attached hydrogens (tertiary/aromatic N) is 2. The number of hydrogen-bond acceptors (Lipinski definition) is 5. The van der Waals surface area contributed by atoms with Gasteiger partial charge in [-0.3, -0.25) is 4.79 Å². The van der Waals surface area contributed by atoms with E-state index in [2.05, 4.69) is 34.7 Å². The number of rotatable bonds is 5. The van der Waals surface area contributed by atoms with E-state index >= 15 is 0 Å². The van der Waals surface area contributed by atoms with Gasteiger partial charge in [-0.15, -0.1) is 10.2 Å². The Balaban J connectivity index is 1.43. The Labute approximate surface area is 129 Å². The summed E-state index contributed by atoms with van der Waals surface area (Å²) in [6, 6.07) is 1.30. The highest BCUT2D eigenvalue weighted by Crippen LogP contribution is 2.32. The fourth-order valence-corrected chi connectivity index (χ4v) is 4.21. The Bertz CT molecular complexity index is 490. The predicted molar refractivity (Wildman–Crippen MR) is 83.1 cm³/mol. The zero-order chi connectivity index (χ0) is 14.8. The number of hydrogen-bond donors (Lipinski definition) is 2. The molecule has 1 aromatic rings. The van der Waals surface area contributed by atoms with E-state index in [1.54, 1.807) is 11.3 Å². The topological polar surface area (TPSA) is 66.9 Å². The molecular weight excluding hydrogens is 284 g/mol. The molecule has 2 atom stereocenters. The van der Waals surface area contributed by atoms with Crippen molar-refractivity contribution in [1.29, 1.82) is 0 Å². The Morgan fingerprint density at radius 1 is 1.33 bits per heavy atom. The third-order valence-corrected chi connectivity index (χ3v) is 5.68. The first-order valence-corrected chi connectivity index (χ1v) is 8.77. The van der Waals surface area contributed by atoms with Gasteiger partial charge in [0.15, 0.2) is 0 Å². The molecule has 0 radical (unpaired) electrons. The molecule has 2 unspecified atom stereocenters. The molecule has 1 amide bonds. The molecule has 5 nitrogen and oxygen atoms in total. The molecule has 0 aliphatic carbocycles. The SMILES string of the molecule is CC(C)c1nnc(CNC(=O)CC2CC3CCC(C2)N3)s1. The smallest absolute Gasteiger partial charge is 0.220 e. The van der Waals surface area contributed by atoms with E-state index in [4.69, 9.17) is 0 Å². The maximum absolute atomic E-state index is 12.1. The lowest BCUT2D eigenvalue weighted by molar-refractivity contribution is -0.122. The molecule has 2 N–H and O–H groups in total. The molecule has 3 heterocycles. The van der Waals surface area contributed by atoms with Crippen LogP contribution in [0.3, 0.4) is 0 Å². The third-order valence-electron chi connectivity index (χ3n) is 4.46. The molecule has 2 aliphatic heterocycles. The van der Waals surface area contributed by atoms with Gasteiger partial charge in [0.2, 0.25) is 5.91 Å². The lowest BCUT2D eigenvalue weighted by atomic mass is 9.89. The van der Waals surface area contributed by atoms with Crippen molar-refractivity contribution in [3.8, 4) is 0 Å². The number of aromatic nitrogens is 2. The van der Waals surface area contributed by atoms with Crippen LogP contribution in [0.5, 0.6) is 0 Å². The summed E-state index contributed by atoms with van der Waals surface area (Å²) in [4.78, 5) is 12.1. The van der Waals surface area contributed by atoms with Crippen LogP contribution in [0.25, 0.3) is 0 Å². The van der Waals surface area contributed by atoms with Crippen LogP contribution in [0, 0.1) is 5.92 Å². The van der Waals surface area contributed by atoms with E-state index in [1.807, 2.05) is 0 Å². The van der Waals surface area contributed by atoms with Gasteiger partial charge in [-0.2, -0.15) is 0 Å². The zero-order valence-electron chi connectivity index (χ0n) is 12.8. The average Bonchev–Trinajstić information content (AvgIpc) is 3.03. The predicted octanol–water partition coefficient (Wildman–Crippen LogP) is 2.20. The first kappa shape index (κ1) is 14.9. The summed E-state index contributed by atoms with van der Waals surface area (Å²) in [5.41, 5.74) is 0. The summed E-state index contributed by atoms with van der Waals surface area (Å²) in [5, 5.41) is 16.8. The van der Waals surface area contributed by atoms with Gasteiger partial charge in [-0.1, -0.05) is 25.2 Å². The molecular formula is C15H24N4OS. The summed E-state index contributed by atoms with van der Waals surface area (Å²) in [5.74, 6) is 1.10. The van der Waals surface area contributed by atoms with Crippen LogP contribution >= 0.6 is 11.3 Å². The maximum atomic E-state index is 12.1. The quantitative estimate of drug-likeness (QED) is 0.875. The molecule has 1 aromatic heterocycles. The van der Waals surface area contributed by atoms with E-state index < -0.39 is 0 Å². The first-order chi connectivity index (χ1) is 10.1. The summed E-state index contributed by atoms with van der Waals surface area (Å²) in [6.07, 6.45) is 5.53.